The molecule has 0 bridgehead atoms. The molecule has 8 heteroatoms. The number of nitrogens with zero attached hydrogens (tertiary/aromatic N) is 1. The topological polar surface area (TPSA) is 80.8 Å². The van der Waals surface area contributed by atoms with Gasteiger partial charge in [-0.3, -0.25) is 9.10 Å². The molecule has 0 spiro atoms. The number of fused-ring (bicyclic) bond motifs is 2. The second-order valence-electron chi connectivity index (χ2n) is 7.53. The highest BCUT2D eigenvalue weighted by atomic mass is 32.2. The number of anilines is 1. The highest BCUT2D eigenvalue weighted by molar-refractivity contribution is 7.92. The largest absolute Gasteiger partial charge is 0.422 e. The van der Waals surface area contributed by atoms with Crippen molar-refractivity contribution in [2.24, 2.45) is 0 Å². The summed E-state index contributed by atoms with van der Waals surface area (Å²) in [7, 11) is -3.40. The molecule has 152 valence electrons. The highest BCUT2D eigenvalue weighted by Crippen LogP contribution is 2.40. The molecule has 1 aliphatic carbocycles. The average Bonchev–Trinajstić information content (AvgIpc) is 2.97. The zero-order chi connectivity index (χ0) is 20.9. The van der Waals surface area contributed by atoms with Gasteiger partial charge in [-0.15, -0.1) is 0 Å². The number of halogens is 1. The fraction of sp³-hybridized carbons (Fsp3) is 0.333. The molecule has 0 saturated heterocycles. The van der Waals surface area contributed by atoms with Crippen molar-refractivity contribution in [3.8, 4) is 5.75 Å². The van der Waals surface area contributed by atoms with E-state index in [1.165, 1.54) is 22.5 Å². The summed E-state index contributed by atoms with van der Waals surface area (Å²) in [5.41, 5.74) is 1.96. The molecule has 29 heavy (non-hydrogen) atoms. The van der Waals surface area contributed by atoms with Gasteiger partial charge in [0.1, 0.15) is 11.6 Å². The van der Waals surface area contributed by atoms with Crippen LogP contribution >= 0.6 is 0 Å². The second kappa shape index (κ2) is 6.95. The van der Waals surface area contributed by atoms with Crippen molar-refractivity contribution in [1.29, 1.82) is 0 Å². The lowest BCUT2D eigenvalue weighted by Crippen LogP contribution is -2.34. The molecule has 2 aliphatic rings. The number of carbonyl (C=O) groups is 2. The first kappa shape index (κ1) is 19.6. The maximum absolute atomic E-state index is 14.1. The summed E-state index contributed by atoms with van der Waals surface area (Å²) in [6, 6.07) is 7.20. The van der Waals surface area contributed by atoms with E-state index >= 15 is 0 Å². The number of esters is 1. The van der Waals surface area contributed by atoms with Crippen LogP contribution in [0.3, 0.4) is 0 Å². The Hall–Kier alpha value is -2.74. The van der Waals surface area contributed by atoms with Gasteiger partial charge in [0, 0.05) is 18.5 Å². The minimum absolute atomic E-state index is 0.0521. The van der Waals surface area contributed by atoms with Crippen LogP contribution in [0.2, 0.25) is 0 Å². The summed E-state index contributed by atoms with van der Waals surface area (Å²) in [6.07, 6.45) is 2.62. The number of hydrogen-bond donors (Lipinski definition) is 0. The van der Waals surface area contributed by atoms with Crippen LogP contribution in [0.25, 0.3) is 0 Å². The van der Waals surface area contributed by atoms with Crippen molar-refractivity contribution in [2.75, 3.05) is 17.1 Å². The molecule has 1 atom stereocenters. The molecule has 0 fully saturated rings. The Morgan fingerprint density at radius 2 is 2.00 bits per heavy atom. The third kappa shape index (κ3) is 3.42. The molecule has 2 aromatic rings. The highest BCUT2D eigenvalue weighted by Gasteiger charge is 2.33. The van der Waals surface area contributed by atoms with Crippen LogP contribution < -0.4 is 9.04 Å². The van der Waals surface area contributed by atoms with Gasteiger partial charge in [-0.2, -0.15) is 0 Å². The van der Waals surface area contributed by atoms with Crippen LogP contribution in [-0.2, 0) is 16.4 Å². The van der Waals surface area contributed by atoms with Gasteiger partial charge in [-0.1, -0.05) is 6.92 Å². The van der Waals surface area contributed by atoms with Crippen molar-refractivity contribution >= 4 is 27.5 Å². The van der Waals surface area contributed by atoms with E-state index in [0.29, 0.717) is 25.1 Å². The van der Waals surface area contributed by atoms with Crippen molar-refractivity contribution in [3.05, 3.63) is 58.4 Å². The number of ketones is 1. The third-order valence-electron chi connectivity index (χ3n) is 5.41. The Morgan fingerprint density at radius 3 is 2.72 bits per heavy atom. The van der Waals surface area contributed by atoms with Gasteiger partial charge in [0.15, 0.2) is 5.78 Å². The molecular weight excluding hydrogens is 397 g/mol. The summed E-state index contributed by atoms with van der Waals surface area (Å²) >= 11 is 0. The molecule has 6 nitrogen and oxygen atoms in total. The molecule has 0 saturated carbocycles. The minimum atomic E-state index is -3.40. The number of ether oxygens (including phenoxy) is 1. The smallest absolute Gasteiger partial charge is 0.343 e. The Labute approximate surface area is 168 Å². The van der Waals surface area contributed by atoms with Gasteiger partial charge in [0.2, 0.25) is 10.0 Å². The van der Waals surface area contributed by atoms with E-state index in [-0.39, 0.29) is 40.6 Å². The number of hydrogen-bond acceptors (Lipinski definition) is 5. The monoisotopic (exact) mass is 417 g/mol. The van der Waals surface area contributed by atoms with Gasteiger partial charge in [0.25, 0.3) is 0 Å². The molecule has 0 N–H and O–H groups in total. The second-order valence-corrected chi connectivity index (χ2v) is 9.44. The number of Topliss-reactive ketones (excluding diaryl/α,β-unsaturated/α-hetero) is 1. The Balaban J connectivity index is 1.65. The van der Waals surface area contributed by atoms with Gasteiger partial charge in [0.05, 0.1) is 23.1 Å². The van der Waals surface area contributed by atoms with Crippen LogP contribution in [0.1, 0.15) is 57.5 Å². The molecule has 1 heterocycles. The quantitative estimate of drug-likeness (QED) is 0.565. The van der Waals surface area contributed by atoms with Crippen molar-refractivity contribution in [1.82, 2.24) is 0 Å². The molecule has 1 unspecified atom stereocenters. The van der Waals surface area contributed by atoms with Crippen LogP contribution in [0.5, 0.6) is 5.75 Å². The Kier molecular flexibility index (Phi) is 4.69. The van der Waals surface area contributed by atoms with E-state index in [2.05, 4.69) is 0 Å². The number of sulfonamides is 1. The van der Waals surface area contributed by atoms with Crippen LogP contribution in [0.15, 0.2) is 30.3 Å². The van der Waals surface area contributed by atoms with Crippen molar-refractivity contribution in [2.45, 2.75) is 32.1 Å². The molecule has 0 radical (unpaired) electrons. The lowest BCUT2D eigenvalue weighted by molar-refractivity contribution is 0.0732. The third-order valence-corrected chi connectivity index (χ3v) is 6.59. The summed E-state index contributed by atoms with van der Waals surface area (Å²) in [5.74, 6) is -1.61. The fourth-order valence-electron chi connectivity index (χ4n) is 4.10. The fourth-order valence-corrected chi connectivity index (χ4v) is 5.10. The normalized spacial score (nSPS) is 18.4. The zero-order valence-corrected chi connectivity index (χ0v) is 16.9. The number of aryl methyl sites for hydroxylation is 1. The van der Waals surface area contributed by atoms with E-state index in [9.17, 15) is 22.4 Å². The minimum Gasteiger partial charge on any atom is -0.422 e. The van der Waals surface area contributed by atoms with Crippen molar-refractivity contribution in [3.63, 3.8) is 0 Å². The number of benzene rings is 2. The van der Waals surface area contributed by atoms with Crippen LogP contribution in [0, 0.1) is 5.82 Å². The molecule has 1 aliphatic heterocycles. The van der Waals surface area contributed by atoms with Gasteiger partial charge in [-0.25, -0.2) is 17.6 Å². The average molecular weight is 417 g/mol. The van der Waals surface area contributed by atoms with Gasteiger partial charge >= 0.3 is 5.97 Å². The van der Waals surface area contributed by atoms with E-state index in [1.807, 2.05) is 0 Å². The summed E-state index contributed by atoms with van der Waals surface area (Å²) < 4.78 is 44.8. The first-order chi connectivity index (χ1) is 13.7. The molecule has 0 aromatic heterocycles. The summed E-state index contributed by atoms with van der Waals surface area (Å²) in [5, 5.41) is 0. The Morgan fingerprint density at radius 1 is 1.24 bits per heavy atom. The molecule has 2 aromatic carbocycles. The lowest BCUT2D eigenvalue weighted by Gasteiger charge is -2.29. The summed E-state index contributed by atoms with van der Waals surface area (Å²) in [6.45, 7) is 2.16. The maximum Gasteiger partial charge on any atom is 0.343 e. The Bertz CT molecular complexity index is 1140. The number of carbonyl (C=O) groups excluding carboxylic acids is 2. The zero-order valence-electron chi connectivity index (χ0n) is 16.1. The van der Waals surface area contributed by atoms with Crippen LogP contribution in [0.4, 0.5) is 10.1 Å². The van der Waals surface area contributed by atoms with Crippen molar-refractivity contribution < 1.29 is 27.1 Å². The van der Waals surface area contributed by atoms with Gasteiger partial charge < -0.3 is 4.74 Å². The van der Waals surface area contributed by atoms with E-state index in [4.69, 9.17) is 4.74 Å². The summed E-state index contributed by atoms with van der Waals surface area (Å²) in [4.78, 5) is 25.0. The number of rotatable bonds is 3. The van der Waals surface area contributed by atoms with E-state index < -0.39 is 21.8 Å². The predicted octanol–water partition coefficient (Wildman–Crippen LogP) is 3.45. The van der Waals surface area contributed by atoms with E-state index in [0.717, 1.165) is 11.8 Å². The van der Waals surface area contributed by atoms with E-state index in [1.54, 1.807) is 19.1 Å². The predicted molar refractivity (Wildman–Crippen MR) is 106 cm³/mol. The molecule has 0 amide bonds. The SMILES string of the molecule is CC1CC(=O)c2c(OC(=O)c3ccc4c(c3)CCCN4S(C)(=O)=O)ccc(F)c21. The standard InChI is InChI=1S/C21H20FNO5S/c1-12-10-17(24)20-18(8-6-15(22)19(12)20)28-21(25)14-5-7-16-13(11-14)4-3-9-23(16)29(2,26)27/h5-8,11-12H,3-4,9-10H2,1-2H3. The first-order valence-corrected chi connectivity index (χ1v) is 11.2. The van der Waals surface area contributed by atoms with Crippen LogP contribution in [-0.4, -0.2) is 33.0 Å². The molecule has 4 rings (SSSR count). The maximum atomic E-state index is 14.1. The van der Waals surface area contributed by atoms with Gasteiger partial charge in [-0.05, 0) is 54.7 Å². The lowest BCUT2D eigenvalue weighted by atomic mass is 10.0. The first-order valence-electron chi connectivity index (χ1n) is 9.35. The molecular formula is C21H20FNO5S.